The number of rotatable bonds is 4. The molecule has 5 nitrogen and oxygen atoms in total. The molecule has 2 rings (SSSR count). The van der Waals surface area contributed by atoms with E-state index in [4.69, 9.17) is 0 Å². The maximum absolute atomic E-state index is 10.4. The molecule has 1 aliphatic carbocycles. The first-order chi connectivity index (χ1) is 6.65. The van der Waals surface area contributed by atoms with Gasteiger partial charge in [0.2, 0.25) is 6.33 Å². The van der Waals surface area contributed by atoms with Gasteiger partial charge in [-0.25, -0.2) is 0 Å². The minimum atomic E-state index is -0.475. The third-order valence-corrected chi connectivity index (χ3v) is 3.29. The first kappa shape index (κ1) is 9.51. The van der Waals surface area contributed by atoms with Crippen LogP contribution < -0.4 is 0 Å². The highest BCUT2D eigenvalue weighted by molar-refractivity contribution is 7.80. The number of hydrogen-bond donors (Lipinski definition) is 1. The van der Waals surface area contributed by atoms with Crippen molar-refractivity contribution < 1.29 is 4.92 Å². The van der Waals surface area contributed by atoms with E-state index in [9.17, 15) is 10.1 Å². The number of thiol groups is 1. The van der Waals surface area contributed by atoms with E-state index >= 15 is 0 Å². The number of hydrogen-bond acceptors (Lipinski definition) is 4. The van der Waals surface area contributed by atoms with E-state index in [2.05, 4.69) is 17.6 Å². The Morgan fingerprint density at radius 3 is 2.86 bits per heavy atom. The van der Waals surface area contributed by atoms with Crippen LogP contribution in [0.5, 0.6) is 0 Å². The summed E-state index contributed by atoms with van der Waals surface area (Å²) in [5.74, 6) is 0.749. The van der Waals surface area contributed by atoms with E-state index in [0.29, 0.717) is 0 Å². The summed E-state index contributed by atoms with van der Waals surface area (Å²) < 4.78 is 1.78. The van der Waals surface area contributed by atoms with Gasteiger partial charge in [-0.1, -0.05) is 0 Å². The van der Waals surface area contributed by atoms with Gasteiger partial charge in [0.25, 0.3) is 0 Å². The van der Waals surface area contributed by atoms with Crippen LogP contribution in [-0.2, 0) is 6.54 Å². The molecule has 0 N–H and O–H groups in total. The molecule has 0 atom stereocenters. The molecule has 1 aliphatic rings. The number of imidazole rings is 1. The van der Waals surface area contributed by atoms with Crippen LogP contribution in [0.25, 0.3) is 0 Å². The standard InChI is InChI=1S/C8H11N3O2S/c12-11(13)7-3-10(6-9-7)4-8(5-14)1-2-8/h3,6,14H,1-2,4-5H2. The van der Waals surface area contributed by atoms with Gasteiger partial charge < -0.3 is 14.7 Å². The molecule has 1 heterocycles. The van der Waals surface area contributed by atoms with E-state index in [-0.39, 0.29) is 11.2 Å². The van der Waals surface area contributed by atoms with Gasteiger partial charge >= 0.3 is 5.82 Å². The largest absolute Gasteiger partial charge is 0.381 e. The summed E-state index contributed by atoms with van der Waals surface area (Å²) in [7, 11) is 0. The van der Waals surface area contributed by atoms with Gasteiger partial charge in [-0.05, 0) is 33.9 Å². The Labute approximate surface area is 86.7 Å². The van der Waals surface area contributed by atoms with Crippen molar-refractivity contribution in [1.82, 2.24) is 9.55 Å². The normalized spacial score (nSPS) is 18.1. The van der Waals surface area contributed by atoms with Crippen molar-refractivity contribution in [1.29, 1.82) is 0 Å². The minimum Gasteiger partial charge on any atom is -0.358 e. The van der Waals surface area contributed by atoms with Gasteiger partial charge in [0, 0.05) is 6.54 Å². The molecule has 0 aliphatic heterocycles. The average molecular weight is 213 g/mol. The van der Waals surface area contributed by atoms with Gasteiger partial charge in [0.15, 0.2) is 0 Å². The summed E-state index contributed by atoms with van der Waals surface area (Å²) in [6.07, 6.45) is 5.30. The van der Waals surface area contributed by atoms with E-state index in [1.54, 1.807) is 4.57 Å². The molecule has 0 unspecified atom stereocenters. The molecular formula is C8H11N3O2S. The number of nitrogens with zero attached hydrogens (tertiary/aromatic N) is 3. The Morgan fingerprint density at radius 1 is 1.71 bits per heavy atom. The summed E-state index contributed by atoms with van der Waals surface area (Å²) in [6, 6.07) is 0. The van der Waals surface area contributed by atoms with Gasteiger partial charge in [0.1, 0.15) is 6.20 Å². The molecule has 0 amide bonds. The van der Waals surface area contributed by atoms with Crippen molar-refractivity contribution in [2.24, 2.45) is 5.41 Å². The molecule has 1 aromatic heterocycles. The highest BCUT2D eigenvalue weighted by Crippen LogP contribution is 2.47. The number of nitro groups is 1. The lowest BCUT2D eigenvalue weighted by Gasteiger charge is -2.10. The highest BCUT2D eigenvalue weighted by Gasteiger charge is 2.41. The van der Waals surface area contributed by atoms with Crippen LogP contribution in [0.4, 0.5) is 5.82 Å². The molecule has 0 spiro atoms. The molecule has 14 heavy (non-hydrogen) atoms. The molecule has 1 aromatic rings. The fourth-order valence-corrected chi connectivity index (χ4v) is 1.88. The predicted molar refractivity (Wildman–Crippen MR) is 54.4 cm³/mol. The van der Waals surface area contributed by atoms with E-state index in [1.165, 1.54) is 12.5 Å². The first-order valence-electron chi connectivity index (χ1n) is 4.42. The SMILES string of the molecule is O=[N+]([O-])c1cn(CC2(CS)CC2)cn1. The second-order valence-corrected chi connectivity index (χ2v) is 4.14. The molecule has 1 fully saturated rings. The zero-order valence-corrected chi connectivity index (χ0v) is 8.48. The summed E-state index contributed by atoms with van der Waals surface area (Å²) in [5.41, 5.74) is 0.262. The minimum absolute atomic E-state index is 0.0834. The van der Waals surface area contributed by atoms with Crippen LogP contribution in [-0.4, -0.2) is 20.2 Å². The molecule has 0 saturated heterocycles. The van der Waals surface area contributed by atoms with Crippen LogP contribution >= 0.6 is 12.6 Å². The lowest BCUT2D eigenvalue weighted by atomic mass is 10.1. The maximum Gasteiger partial charge on any atom is 0.381 e. The third kappa shape index (κ3) is 1.75. The van der Waals surface area contributed by atoms with E-state index in [0.717, 1.165) is 25.1 Å². The molecule has 0 radical (unpaired) electrons. The molecule has 1 saturated carbocycles. The number of aromatic nitrogens is 2. The Bertz CT molecular complexity index is 359. The van der Waals surface area contributed by atoms with Crippen molar-refractivity contribution in [2.75, 3.05) is 5.75 Å². The van der Waals surface area contributed by atoms with Crippen molar-refractivity contribution in [2.45, 2.75) is 19.4 Å². The fourth-order valence-electron chi connectivity index (χ4n) is 1.46. The molecule has 0 bridgehead atoms. The van der Waals surface area contributed by atoms with Crippen LogP contribution in [0.1, 0.15) is 12.8 Å². The zero-order valence-electron chi connectivity index (χ0n) is 7.59. The summed E-state index contributed by atoms with van der Waals surface area (Å²) in [5, 5.41) is 10.4. The van der Waals surface area contributed by atoms with Crippen LogP contribution in [0.3, 0.4) is 0 Å². The maximum atomic E-state index is 10.4. The quantitative estimate of drug-likeness (QED) is 0.468. The van der Waals surface area contributed by atoms with Crippen LogP contribution in [0.15, 0.2) is 12.5 Å². The Hall–Kier alpha value is -1.04. The molecule has 0 aromatic carbocycles. The van der Waals surface area contributed by atoms with Crippen LogP contribution in [0.2, 0.25) is 0 Å². The summed E-state index contributed by atoms with van der Waals surface area (Å²) in [4.78, 5) is 13.6. The van der Waals surface area contributed by atoms with Crippen molar-refractivity contribution in [3.05, 3.63) is 22.6 Å². The molecule has 76 valence electrons. The van der Waals surface area contributed by atoms with Crippen LogP contribution in [0, 0.1) is 15.5 Å². The second-order valence-electron chi connectivity index (χ2n) is 3.82. The third-order valence-electron chi connectivity index (χ3n) is 2.62. The predicted octanol–water partition coefficient (Wildman–Crippen LogP) is 1.50. The van der Waals surface area contributed by atoms with E-state index in [1.807, 2.05) is 0 Å². The summed E-state index contributed by atoms with van der Waals surface area (Å²) >= 11 is 4.27. The second kappa shape index (κ2) is 3.27. The lowest BCUT2D eigenvalue weighted by Crippen LogP contribution is -2.11. The van der Waals surface area contributed by atoms with Gasteiger partial charge in [0.05, 0.1) is 0 Å². The molecular weight excluding hydrogens is 202 g/mol. The Morgan fingerprint density at radius 2 is 2.43 bits per heavy atom. The van der Waals surface area contributed by atoms with Crippen molar-refractivity contribution >= 4 is 18.4 Å². The monoisotopic (exact) mass is 213 g/mol. The van der Waals surface area contributed by atoms with Gasteiger partial charge in [-0.15, -0.1) is 0 Å². The van der Waals surface area contributed by atoms with Crippen molar-refractivity contribution in [3.63, 3.8) is 0 Å². The summed E-state index contributed by atoms with van der Waals surface area (Å²) in [6.45, 7) is 0.789. The van der Waals surface area contributed by atoms with Crippen molar-refractivity contribution in [3.8, 4) is 0 Å². The van der Waals surface area contributed by atoms with Gasteiger partial charge in [-0.3, -0.25) is 0 Å². The Kier molecular flexibility index (Phi) is 2.22. The average Bonchev–Trinajstić information content (AvgIpc) is 2.75. The van der Waals surface area contributed by atoms with Gasteiger partial charge in [-0.2, -0.15) is 12.6 Å². The Balaban J connectivity index is 2.07. The highest BCUT2D eigenvalue weighted by atomic mass is 32.1. The lowest BCUT2D eigenvalue weighted by molar-refractivity contribution is -0.389. The smallest absolute Gasteiger partial charge is 0.358 e. The fraction of sp³-hybridized carbons (Fsp3) is 0.625. The first-order valence-corrected chi connectivity index (χ1v) is 5.05. The molecule has 6 heteroatoms. The zero-order chi connectivity index (χ0) is 10.2. The van der Waals surface area contributed by atoms with E-state index < -0.39 is 4.92 Å². The topological polar surface area (TPSA) is 61.0 Å².